The number of rotatable bonds is 12. The molecule has 2 atom stereocenters. The number of hydrogen-bond acceptors (Lipinski definition) is 2. The topological polar surface area (TPSA) is 38.3 Å². The largest absolute Gasteiger partial charge is 0.453 e. The molecule has 0 radical (unpaired) electrons. The van der Waals surface area contributed by atoms with Crippen LogP contribution in [-0.2, 0) is 4.74 Å². The zero-order chi connectivity index (χ0) is 17.6. The van der Waals surface area contributed by atoms with Crippen LogP contribution in [0.25, 0.3) is 0 Å². The zero-order valence-electron chi connectivity index (χ0n) is 16.0. The first kappa shape index (κ1) is 21.1. The smallest absolute Gasteiger partial charge is 0.407 e. The zero-order valence-corrected chi connectivity index (χ0v) is 16.0. The van der Waals surface area contributed by atoms with Crippen LogP contribution in [0, 0.1) is 11.8 Å². The van der Waals surface area contributed by atoms with E-state index in [0.29, 0.717) is 11.8 Å². The average molecular weight is 338 g/mol. The van der Waals surface area contributed by atoms with Gasteiger partial charge in [-0.15, -0.1) is 6.58 Å². The van der Waals surface area contributed by atoms with Gasteiger partial charge in [0.2, 0.25) is 0 Å². The van der Waals surface area contributed by atoms with Crippen LogP contribution in [0.3, 0.4) is 0 Å². The fourth-order valence-electron chi connectivity index (χ4n) is 4.04. The van der Waals surface area contributed by atoms with Gasteiger partial charge in [0.25, 0.3) is 0 Å². The summed E-state index contributed by atoms with van der Waals surface area (Å²) in [7, 11) is 1.45. The molecule has 1 fully saturated rings. The first-order valence-corrected chi connectivity index (χ1v) is 10.2. The van der Waals surface area contributed by atoms with Crippen LogP contribution < -0.4 is 5.32 Å². The van der Waals surface area contributed by atoms with E-state index in [0.717, 1.165) is 6.42 Å². The van der Waals surface area contributed by atoms with E-state index in [9.17, 15) is 4.79 Å². The molecule has 1 rings (SSSR count). The lowest BCUT2D eigenvalue weighted by Gasteiger charge is -2.35. The summed E-state index contributed by atoms with van der Waals surface area (Å²) >= 11 is 0. The summed E-state index contributed by atoms with van der Waals surface area (Å²) in [5, 5.41) is 3.12. The number of ether oxygens (including phenoxy) is 1. The summed E-state index contributed by atoms with van der Waals surface area (Å²) in [5.74, 6) is 0.938. The quantitative estimate of drug-likeness (QED) is 0.338. The minimum Gasteiger partial charge on any atom is -0.453 e. The van der Waals surface area contributed by atoms with Crippen molar-refractivity contribution in [3.63, 3.8) is 0 Å². The third-order valence-electron chi connectivity index (χ3n) is 5.53. The molecule has 0 unspecified atom stereocenters. The lowest BCUT2D eigenvalue weighted by Crippen LogP contribution is -2.45. The Hall–Kier alpha value is -0.990. The molecule has 1 aliphatic carbocycles. The Morgan fingerprint density at radius 3 is 2.33 bits per heavy atom. The highest BCUT2D eigenvalue weighted by atomic mass is 16.5. The Balaban J connectivity index is 2.44. The molecule has 1 saturated carbocycles. The van der Waals surface area contributed by atoms with E-state index in [1.807, 2.05) is 0 Å². The second-order valence-electron chi connectivity index (χ2n) is 7.37. The van der Waals surface area contributed by atoms with Crippen molar-refractivity contribution in [3.05, 3.63) is 12.7 Å². The van der Waals surface area contributed by atoms with Crippen LogP contribution in [-0.4, -0.2) is 19.2 Å². The van der Waals surface area contributed by atoms with Gasteiger partial charge in [-0.2, -0.15) is 0 Å². The Kier molecular flexibility index (Phi) is 11.7. The van der Waals surface area contributed by atoms with Crippen LogP contribution in [0.15, 0.2) is 12.7 Å². The van der Waals surface area contributed by atoms with Crippen LogP contribution in [0.1, 0.15) is 90.4 Å². The minimum atomic E-state index is -0.294. The van der Waals surface area contributed by atoms with Crippen molar-refractivity contribution < 1.29 is 9.53 Å². The van der Waals surface area contributed by atoms with Crippen LogP contribution in [0.5, 0.6) is 0 Å². The van der Waals surface area contributed by atoms with Gasteiger partial charge in [-0.25, -0.2) is 4.79 Å². The number of unbranched alkanes of at least 4 members (excludes halogenated alkanes) is 6. The standard InChI is InChI=1S/C21H39NO2/c1-4-6-7-8-9-10-12-15-18(5-2)20(22-21(23)24-3)19-16-13-11-14-17-19/h5,18-20H,2,4,6-17H2,1,3H3,(H,22,23)/t18-,20-/m0/s1. The van der Waals surface area contributed by atoms with Crippen LogP contribution in [0.2, 0.25) is 0 Å². The number of methoxy groups -OCH3 is 1. The summed E-state index contributed by atoms with van der Waals surface area (Å²) in [6, 6.07) is 0.190. The maximum absolute atomic E-state index is 11.8. The first-order chi connectivity index (χ1) is 11.7. The molecule has 0 aromatic rings. The number of amides is 1. The van der Waals surface area contributed by atoms with E-state index in [4.69, 9.17) is 4.74 Å². The summed E-state index contributed by atoms with van der Waals surface area (Å²) in [4.78, 5) is 11.8. The van der Waals surface area contributed by atoms with E-state index in [1.165, 1.54) is 84.2 Å². The van der Waals surface area contributed by atoms with Crippen molar-refractivity contribution in [2.75, 3.05) is 7.11 Å². The van der Waals surface area contributed by atoms with Crippen LogP contribution >= 0.6 is 0 Å². The molecule has 0 saturated heterocycles. The van der Waals surface area contributed by atoms with Gasteiger partial charge in [0.15, 0.2) is 0 Å². The van der Waals surface area contributed by atoms with Gasteiger partial charge in [0.1, 0.15) is 0 Å². The molecule has 1 N–H and O–H groups in total. The number of carbonyl (C=O) groups excluding carboxylic acids is 1. The molecule has 0 aromatic carbocycles. The van der Waals surface area contributed by atoms with Crippen molar-refractivity contribution >= 4 is 6.09 Å². The maximum Gasteiger partial charge on any atom is 0.407 e. The maximum atomic E-state index is 11.8. The average Bonchev–Trinajstić information content (AvgIpc) is 2.63. The molecule has 1 amide bonds. The molecule has 0 aliphatic heterocycles. The predicted octanol–water partition coefficient (Wildman–Crippen LogP) is 6.23. The minimum absolute atomic E-state index is 0.190. The van der Waals surface area contributed by atoms with E-state index in [1.54, 1.807) is 0 Å². The lowest BCUT2D eigenvalue weighted by atomic mass is 9.77. The van der Waals surface area contributed by atoms with E-state index in [-0.39, 0.29) is 12.1 Å². The van der Waals surface area contributed by atoms with Crippen molar-refractivity contribution in [1.29, 1.82) is 0 Å². The van der Waals surface area contributed by atoms with Crippen molar-refractivity contribution in [2.24, 2.45) is 11.8 Å². The third-order valence-corrected chi connectivity index (χ3v) is 5.53. The molecule has 0 spiro atoms. The van der Waals surface area contributed by atoms with Gasteiger partial charge in [-0.3, -0.25) is 0 Å². The third kappa shape index (κ3) is 8.21. The number of carbonyl (C=O) groups is 1. The molecule has 0 heterocycles. The molecule has 0 bridgehead atoms. The highest BCUT2D eigenvalue weighted by Crippen LogP contribution is 2.32. The van der Waals surface area contributed by atoms with Crippen molar-refractivity contribution in [2.45, 2.75) is 96.4 Å². The molecule has 3 nitrogen and oxygen atoms in total. The van der Waals surface area contributed by atoms with Crippen molar-refractivity contribution in [1.82, 2.24) is 5.32 Å². The molecule has 1 aliphatic rings. The molecule has 3 heteroatoms. The SMILES string of the molecule is C=C[C@@H](CCCCCCCCC)[C@H](NC(=O)OC)C1CCCCC1. The lowest BCUT2D eigenvalue weighted by molar-refractivity contribution is 0.147. The molecular weight excluding hydrogens is 298 g/mol. The summed E-state index contributed by atoms with van der Waals surface area (Å²) in [6.45, 7) is 6.32. The van der Waals surface area contributed by atoms with E-state index in [2.05, 4.69) is 24.9 Å². The number of hydrogen-bond donors (Lipinski definition) is 1. The molecule has 24 heavy (non-hydrogen) atoms. The Morgan fingerprint density at radius 1 is 1.12 bits per heavy atom. The van der Waals surface area contributed by atoms with Gasteiger partial charge in [0.05, 0.1) is 7.11 Å². The predicted molar refractivity (Wildman–Crippen MR) is 102 cm³/mol. The van der Waals surface area contributed by atoms with Crippen LogP contribution in [0.4, 0.5) is 4.79 Å². The molecular formula is C21H39NO2. The van der Waals surface area contributed by atoms with Gasteiger partial charge >= 0.3 is 6.09 Å². The Morgan fingerprint density at radius 2 is 1.75 bits per heavy atom. The summed E-state index contributed by atoms with van der Waals surface area (Å²) < 4.78 is 4.86. The second kappa shape index (κ2) is 13.3. The van der Waals surface area contributed by atoms with Gasteiger partial charge < -0.3 is 10.1 Å². The fraction of sp³-hybridized carbons (Fsp3) is 0.857. The van der Waals surface area contributed by atoms with E-state index >= 15 is 0 Å². The second-order valence-corrected chi connectivity index (χ2v) is 7.37. The highest BCUT2D eigenvalue weighted by molar-refractivity contribution is 5.67. The Labute approximate surface area is 149 Å². The normalized spacial score (nSPS) is 17.9. The molecule has 140 valence electrons. The number of alkyl carbamates (subject to hydrolysis) is 1. The van der Waals surface area contributed by atoms with Gasteiger partial charge in [-0.05, 0) is 31.1 Å². The monoisotopic (exact) mass is 337 g/mol. The molecule has 0 aromatic heterocycles. The van der Waals surface area contributed by atoms with Gasteiger partial charge in [-0.1, -0.05) is 77.2 Å². The van der Waals surface area contributed by atoms with Gasteiger partial charge in [0, 0.05) is 6.04 Å². The fourth-order valence-corrected chi connectivity index (χ4v) is 4.04. The summed E-state index contributed by atoms with van der Waals surface area (Å²) in [6.07, 6.45) is 18.5. The highest BCUT2D eigenvalue weighted by Gasteiger charge is 2.30. The van der Waals surface area contributed by atoms with E-state index < -0.39 is 0 Å². The Bertz CT molecular complexity index is 337. The summed E-state index contributed by atoms with van der Waals surface area (Å²) in [5.41, 5.74) is 0. The number of nitrogens with one attached hydrogen (secondary N) is 1. The van der Waals surface area contributed by atoms with Crippen molar-refractivity contribution in [3.8, 4) is 0 Å². The first-order valence-electron chi connectivity index (χ1n) is 10.2.